The second-order valence-electron chi connectivity index (χ2n) is 5.92. The first kappa shape index (κ1) is 15.0. The van der Waals surface area contributed by atoms with Gasteiger partial charge < -0.3 is 15.3 Å². The average Bonchev–Trinajstić information content (AvgIpc) is 2.67. The predicted octanol–water partition coefficient (Wildman–Crippen LogP) is 1.09. The van der Waals surface area contributed by atoms with Crippen molar-refractivity contribution < 1.29 is 14.7 Å². The van der Waals surface area contributed by atoms with Gasteiger partial charge in [0, 0.05) is 18.5 Å². The van der Waals surface area contributed by atoms with Gasteiger partial charge in [-0.05, 0) is 46.2 Å². The Hall–Kier alpha value is -1.10. The van der Waals surface area contributed by atoms with E-state index in [1.54, 1.807) is 4.90 Å². The number of carboxylic acid groups (broad SMARTS) is 1. The van der Waals surface area contributed by atoms with Gasteiger partial charge in [-0.25, -0.2) is 0 Å². The van der Waals surface area contributed by atoms with Gasteiger partial charge in [0.2, 0.25) is 5.91 Å². The van der Waals surface area contributed by atoms with E-state index in [2.05, 4.69) is 5.32 Å². The number of aliphatic carboxylic acids is 1. The molecule has 0 aromatic carbocycles. The van der Waals surface area contributed by atoms with Gasteiger partial charge in [0.25, 0.3) is 0 Å². The van der Waals surface area contributed by atoms with E-state index in [0.29, 0.717) is 12.3 Å². The summed E-state index contributed by atoms with van der Waals surface area (Å²) in [6, 6.07) is 0. The third-order valence-electron chi connectivity index (χ3n) is 3.29. The van der Waals surface area contributed by atoms with Crippen LogP contribution in [-0.2, 0) is 9.59 Å². The van der Waals surface area contributed by atoms with Crippen molar-refractivity contribution in [1.29, 1.82) is 0 Å². The normalized spacial score (nSPS) is 19.8. The Kier molecular flexibility index (Phi) is 5.14. The van der Waals surface area contributed by atoms with Crippen molar-refractivity contribution in [3.05, 3.63) is 0 Å². The van der Waals surface area contributed by atoms with Crippen LogP contribution in [0.15, 0.2) is 0 Å². The number of amides is 1. The molecule has 1 unspecified atom stereocenters. The predicted molar refractivity (Wildman–Crippen MR) is 69.3 cm³/mol. The molecule has 2 N–H and O–H groups in total. The van der Waals surface area contributed by atoms with Crippen LogP contribution in [0.4, 0.5) is 0 Å². The first-order valence-corrected chi connectivity index (χ1v) is 6.53. The van der Waals surface area contributed by atoms with E-state index >= 15 is 0 Å². The standard InChI is InChI=1S/C13H24N2O3/c1-13(2,3)15(7-5-12(17)18)11(16)8-10-4-6-14-9-10/h10,14H,4-9H2,1-3H3,(H,17,18). The third-order valence-corrected chi connectivity index (χ3v) is 3.29. The van der Waals surface area contributed by atoms with Crippen LogP contribution in [0.5, 0.6) is 0 Å². The summed E-state index contributed by atoms with van der Waals surface area (Å²) in [6.45, 7) is 7.99. The molecule has 1 rings (SSSR count). The van der Waals surface area contributed by atoms with E-state index in [4.69, 9.17) is 5.11 Å². The molecular formula is C13H24N2O3. The van der Waals surface area contributed by atoms with E-state index in [9.17, 15) is 9.59 Å². The summed E-state index contributed by atoms with van der Waals surface area (Å²) in [4.78, 5) is 24.6. The lowest BCUT2D eigenvalue weighted by Crippen LogP contribution is -2.47. The summed E-state index contributed by atoms with van der Waals surface area (Å²) >= 11 is 0. The largest absolute Gasteiger partial charge is 0.481 e. The number of carboxylic acids is 1. The molecule has 0 saturated carbocycles. The van der Waals surface area contributed by atoms with E-state index < -0.39 is 5.97 Å². The Morgan fingerprint density at radius 2 is 2.06 bits per heavy atom. The first-order valence-electron chi connectivity index (χ1n) is 6.53. The molecule has 0 aromatic rings. The minimum Gasteiger partial charge on any atom is -0.481 e. The second-order valence-corrected chi connectivity index (χ2v) is 5.92. The maximum Gasteiger partial charge on any atom is 0.305 e. The maximum atomic E-state index is 12.3. The number of carbonyl (C=O) groups excluding carboxylic acids is 1. The van der Waals surface area contributed by atoms with Crippen molar-refractivity contribution in [2.24, 2.45) is 5.92 Å². The molecule has 5 nitrogen and oxygen atoms in total. The Labute approximate surface area is 109 Å². The van der Waals surface area contributed by atoms with Crippen LogP contribution in [0.3, 0.4) is 0 Å². The monoisotopic (exact) mass is 256 g/mol. The SMILES string of the molecule is CC(C)(C)N(CCC(=O)O)C(=O)CC1CCNC1. The molecule has 5 heteroatoms. The van der Waals surface area contributed by atoms with Crippen molar-refractivity contribution in [3.8, 4) is 0 Å². The van der Waals surface area contributed by atoms with Gasteiger partial charge in [-0.3, -0.25) is 9.59 Å². The first-order chi connectivity index (χ1) is 8.30. The lowest BCUT2D eigenvalue weighted by atomic mass is 10.00. The van der Waals surface area contributed by atoms with Gasteiger partial charge in [-0.2, -0.15) is 0 Å². The molecule has 1 fully saturated rings. The zero-order chi connectivity index (χ0) is 13.8. The molecule has 1 aliphatic heterocycles. The second kappa shape index (κ2) is 6.18. The summed E-state index contributed by atoms with van der Waals surface area (Å²) < 4.78 is 0. The molecule has 1 saturated heterocycles. The Bertz CT molecular complexity index is 304. The maximum absolute atomic E-state index is 12.3. The minimum absolute atomic E-state index is 0.00588. The number of rotatable bonds is 5. The molecule has 18 heavy (non-hydrogen) atoms. The highest BCUT2D eigenvalue weighted by atomic mass is 16.4. The lowest BCUT2D eigenvalue weighted by Gasteiger charge is -2.36. The fraction of sp³-hybridized carbons (Fsp3) is 0.846. The lowest BCUT2D eigenvalue weighted by molar-refractivity contribution is -0.141. The summed E-state index contributed by atoms with van der Waals surface area (Å²) in [5.74, 6) is -0.399. The Morgan fingerprint density at radius 3 is 2.50 bits per heavy atom. The van der Waals surface area contributed by atoms with Gasteiger partial charge in [-0.15, -0.1) is 0 Å². The highest BCUT2D eigenvalue weighted by molar-refractivity contribution is 5.78. The summed E-state index contributed by atoms with van der Waals surface area (Å²) in [5.41, 5.74) is -0.321. The van der Waals surface area contributed by atoms with Crippen molar-refractivity contribution in [3.63, 3.8) is 0 Å². The van der Waals surface area contributed by atoms with Crippen LogP contribution in [0.2, 0.25) is 0 Å². The molecule has 0 aliphatic carbocycles. The van der Waals surface area contributed by atoms with Crippen molar-refractivity contribution in [2.75, 3.05) is 19.6 Å². The average molecular weight is 256 g/mol. The van der Waals surface area contributed by atoms with Crippen LogP contribution < -0.4 is 5.32 Å². The Morgan fingerprint density at radius 1 is 1.39 bits per heavy atom. The highest BCUT2D eigenvalue weighted by Crippen LogP contribution is 2.20. The number of hydrogen-bond donors (Lipinski definition) is 2. The fourth-order valence-electron chi connectivity index (χ4n) is 2.29. The van der Waals surface area contributed by atoms with Gasteiger partial charge >= 0.3 is 5.97 Å². The van der Waals surface area contributed by atoms with Crippen molar-refractivity contribution in [2.45, 2.75) is 45.6 Å². The molecule has 0 radical (unpaired) electrons. The molecule has 0 aromatic heterocycles. The number of nitrogens with zero attached hydrogens (tertiary/aromatic N) is 1. The molecule has 104 valence electrons. The van der Waals surface area contributed by atoms with Gasteiger partial charge in [-0.1, -0.05) is 0 Å². The summed E-state index contributed by atoms with van der Waals surface area (Å²) in [6.07, 6.45) is 1.55. The molecule has 0 spiro atoms. The van der Waals surface area contributed by atoms with Gasteiger partial charge in [0.05, 0.1) is 6.42 Å². The number of hydrogen-bond acceptors (Lipinski definition) is 3. The fourth-order valence-corrected chi connectivity index (χ4v) is 2.29. The smallest absolute Gasteiger partial charge is 0.305 e. The molecule has 0 bridgehead atoms. The summed E-state index contributed by atoms with van der Waals surface area (Å²) in [7, 11) is 0. The molecule has 1 amide bonds. The van der Waals surface area contributed by atoms with Crippen LogP contribution in [-0.4, -0.2) is 47.1 Å². The van der Waals surface area contributed by atoms with E-state index in [0.717, 1.165) is 19.5 Å². The molecule has 1 atom stereocenters. The molecule has 1 heterocycles. The van der Waals surface area contributed by atoms with Gasteiger partial charge in [0.15, 0.2) is 0 Å². The zero-order valence-corrected chi connectivity index (χ0v) is 11.5. The number of carbonyl (C=O) groups is 2. The van der Waals surface area contributed by atoms with E-state index in [-0.39, 0.29) is 24.4 Å². The third kappa shape index (κ3) is 4.64. The van der Waals surface area contributed by atoms with Crippen LogP contribution in [0.1, 0.15) is 40.0 Å². The minimum atomic E-state index is -0.861. The van der Waals surface area contributed by atoms with E-state index in [1.807, 2.05) is 20.8 Å². The van der Waals surface area contributed by atoms with Gasteiger partial charge in [0.1, 0.15) is 0 Å². The molecule has 1 aliphatic rings. The van der Waals surface area contributed by atoms with Crippen LogP contribution in [0, 0.1) is 5.92 Å². The highest BCUT2D eigenvalue weighted by Gasteiger charge is 2.29. The van der Waals surface area contributed by atoms with Crippen LogP contribution in [0.25, 0.3) is 0 Å². The topological polar surface area (TPSA) is 69.6 Å². The number of nitrogens with one attached hydrogen (secondary N) is 1. The Balaban J connectivity index is 2.57. The van der Waals surface area contributed by atoms with Crippen molar-refractivity contribution >= 4 is 11.9 Å². The van der Waals surface area contributed by atoms with E-state index in [1.165, 1.54) is 0 Å². The van der Waals surface area contributed by atoms with Crippen LogP contribution >= 0.6 is 0 Å². The summed E-state index contributed by atoms with van der Waals surface area (Å²) in [5, 5.41) is 12.0. The molecular weight excluding hydrogens is 232 g/mol. The van der Waals surface area contributed by atoms with Crippen molar-refractivity contribution in [1.82, 2.24) is 10.2 Å². The quantitative estimate of drug-likeness (QED) is 0.772. The zero-order valence-electron chi connectivity index (χ0n) is 11.5.